The number of hydrogen-bond acceptors (Lipinski definition) is 2. The predicted molar refractivity (Wildman–Crippen MR) is 78.5 cm³/mol. The first-order valence-electron chi connectivity index (χ1n) is 6.78. The molecule has 0 aliphatic carbocycles. The summed E-state index contributed by atoms with van der Waals surface area (Å²) in [7, 11) is 1.86. The van der Waals surface area contributed by atoms with Crippen LogP contribution < -0.4 is 5.32 Å². The van der Waals surface area contributed by atoms with Crippen molar-refractivity contribution in [2.45, 2.75) is 19.4 Å². The summed E-state index contributed by atoms with van der Waals surface area (Å²) in [6.45, 7) is 2.28. The van der Waals surface area contributed by atoms with Crippen LogP contribution in [0.4, 0.5) is 0 Å². The van der Waals surface area contributed by atoms with Crippen molar-refractivity contribution in [3.63, 3.8) is 0 Å². The molecule has 20 heavy (non-hydrogen) atoms. The van der Waals surface area contributed by atoms with E-state index < -0.39 is 6.10 Å². The molecule has 0 saturated carbocycles. The normalized spacial score (nSPS) is 12.2. The van der Waals surface area contributed by atoms with E-state index in [9.17, 15) is 9.90 Å². The minimum absolute atomic E-state index is 0.166. The Bertz CT molecular complexity index is 572. The van der Waals surface area contributed by atoms with Crippen LogP contribution in [0.2, 0.25) is 0 Å². The van der Waals surface area contributed by atoms with Crippen LogP contribution in [0.15, 0.2) is 42.6 Å². The number of aryl methyl sites for hydroxylation is 2. The van der Waals surface area contributed by atoms with Gasteiger partial charge in [0.25, 0.3) is 5.91 Å². The first-order valence-corrected chi connectivity index (χ1v) is 6.78. The highest BCUT2D eigenvalue weighted by Crippen LogP contribution is 2.12. The average molecular weight is 272 g/mol. The van der Waals surface area contributed by atoms with Gasteiger partial charge < -0.3 is 15.0 Å². The summed E-state index contributed by atoms with van der Waals surface area (Å²) in [6, 6.07) is 11.2. The molecule has 0 bridgehead atoms. The molecule has 2 rings (SSSR count). The molecule has 1 aromatic heterocycles. The van der Waals surface area contributed by atoms with Crippen LogP contribution in [-0.4, -0.2) is 22.1 Å². The van der Waals surface area contributed by atoms with E-state index in [0.717, 1.165) is 12.1 Å². The zero-order valence-corrected chi connectivity index (χ0v) is 11.8. The van der Waals surface area contributed by atoms with Gasteiger partial charge in [-0.25, -0.2) is 0 Å². The summed E-state index contributed by atoms with van der Waals surface area (Å²) in [6.07, 6.45) is 2.12. The Labute approximate surface area is 119 Å². The van der Waals surface area contributed by atoms with E-state index in [0.29, 0.717) is 5.56 Å². The molecular weight excluding hydrogens is 252 g/mol. The van der Waals surface area contributed by atoms with Crippen molar-refractivity contribution >= 4 is 5.91 Å². The minimum Gasteiger partial charge on any atom is -0.385 e. The summed E-state index contributed by atoms with van der Waals surface area (Å²) in [5.74, 6) is -0.166. The van der Waals surface area contributed by atoms with Crippen LogP contribution in [0.25, 0.3) is 0 Å². The largest absolute Gasteiger partial charge is 0.385 e. The van der Waals surface area contributed by atoms with Crippen molar-refractivity contribution in [1.82, 2.24) is 9.88 Å². The Morgan fingerprint density at radius 3 is 2.55 bits per heavy atom. The van der Waals surface area contributed by atoms with Gasteiger partial charge in [0, 0.05) is 31.0 Å². The zero-order valence-electron chi connectivity index (χ0n) is 11.8. The van der Waals surface area contributed by atoms with Crippen molar-refractivity contribution in [3.05, 3.63) is 59.4 Å². The molecule has 2 N–H and O–H groups in total. The number of hydrogen-bond donors (Lipinski definition) is 2. The number of nitrogens with zero attached hydrogens (tertiary/aromatic N) is 1. The van der Waals surface area contributed by atoms with Gasteiger partial charge in [-0.15, -0.1) is 0 Å². The van der Waals surface area contributed by atoms with Gasteiger partial charge in [0.1, 0.15) is 6.10 Å². The number of aliphatic hydroxyl groups excluding tert-OH is 1. The third-order valence-electron chi connectivity index (χ3n) is 3.41. The minimum atomic E-state index is -0.700. The SMILES string of the molecule is CCc1ccc(C(=O)NCC(O)c2cccn2C)cc1. The Morgan fingerprint density at radius 1 is 1.30 bits per heavy atom. The van der Waals surface area contributed by atoms with Gasteiger partial charge >= 0.3 is 0 Å². The van der Waals surface area contributed by atoms with Crippen LogP contribution in [0.1, 0.15) is 34.6 Å². The summed E-state index contributed by atoms with van der Waals surface area (Å²) < 4.78 is 1.84. The highest BCUT2D eigenvalue weighted by Gasteiger charge is 2.12. The van der Waals surface area contributed by atoms with Crippen molar-refractivity contribution in [1.29, 1.82) is 0 Å². The highest BCUT2D eigenvalue weighted by molar-refractivity contribution is 5.94. The third-order valence-corrected chi connectivity index (χ3v) is 3.41. The standard InChI is InChI=1S/C16H20N2O2/c1-3-12-6-8-13(9-7-12)16(20)17-11-15(19)14-5-4-10-18(14)2/h4-10,15,19H,3,11H2,1-2H3,(H,17,20). The number of aromatic nitrogens is 1. The van der Waals surface area contributed by atoms with Crippen LogP contribution in [0.5, 0.6) is 0 Å². The Balaban J connectivity index is 1.93. The maximum Gasteiger partial charge on any atom is 0.251 e. The number of aliphatic hydroxyl groups is 1. The van der Waals surface area contributed by atoms with Gasteiger partial charge in [-0.05, 0) is 36.2 Å². The van der Waals surface area contributed by atoms with E-state index in [1.807, 2.05) is 54.2 Å². The van der Waals surface area contributed by atoms with Crippen molar-refractivity contribution < 1.29 is 9.90 Å². The first kappa shape index (κ1) is 14.3. The van der Waals surface area contributed by atoms with Gasteiger partial charge in [0.05, 0.1) is 0 Å². The van der Waals surface area contributed by atoms with Gasteiger partial charge in [-0.3, -0.25) is 4.79 Å². The topological polar surface area (TPSA) is 54.3 Å². The van der Waals surface area contributed by atoms with Gasteiger partial charge in [0.2, 0.25) is 0 Å². The Kier molecular flexibility index (Phi) is 4.58. The first-order chi connectivity index (χ1) is 9.61. The monoisotopic (exact) mass is 272 g/mol. The fraction of sp³-hybridized carbons (Fsp3) is 0.312. The molecule has 0 fully saturated rings. The van der Waals surface area contributed by atoms with Gasteiger partial charge in [-0.1, -0.05) is 19.1 Å². The van der Waals surface area contributed by atoms with Crippen molar-refractivity contribution in [2.24, 2.45) is 7.05 Å². The molecular formula is C16H20N2O2. The van der Waals surface area contributed by atoms with E-state index in [2.05, 4.69) is 12.2 Å². The predicted octanol–water partition coefficient (Wildman–Crippen LogP) is 2.05. The Morgan fingerprint density at radius 2 is 2.00 bits per heavy atom. The van der Waals surface area contributed by atoms with E-state index >= 15 is 0 Å². The van der Waals surface area contributed by atoms with E-state index in [1.54, 1.807) is 0 Å². The van der Waals surface area contributed by atoms with Crippen LogP contribution in [-0.2, 0) is 13.5 Å². The van der Waals surface area contributed by atoms with Crippen LogP contribution in [0, 0.1) is 0 Å². The number of carbonyl (C=O) groups is 1. The molecule has 1 heterocycles. The number of carbonyl (C=O) groups excluding carboxylic acids is 1. The molecule has 0 spiro atoms. The number of nitrogens with one attached hydrogen (secondary N) is 1. The summed E-state index contributed by atoms with van der Waals surface area (Å²) in [5.41, 5.74) is 2.60. The molecule has 0 aliphatic rings. The van der Waals surface area contributed by atoms with Gasteiger partial charge in [0.15, 0.2) is 0 Å². The second-order valence-electron chi connectivity index (χ2n) is 4.82. The van der Waals surface area contributed by atoms with E-state index in [1.165, 1.54) is 5.56 Å². The maximum atomic E-state index is 12.0. The Hall–Kier alpha value is -2.07. The van der Waals surface area contributed by atoms with Crippen LogP contribution >= 0.6 is 0 Å². The fourth-order valence-corrected chi connectivity index (χ4v) is 2.11. The molecule has 1 atom stereocenters. The molecule has 0 radical (unpaired) electrons. The average Bonchev–Trinajstić information content (AvgIpc) is 2.90. The molecule has 1 amide bonds. The lowest BCUT2D eigenvalue weighted by Crippen LogP contribution is -2.29. The lowest BCUT2D eigenvalue weighted by molar-refractivity contribution is 0.0912. The second-order valence-corrected chi connectivity index (χ2v) is 4.82. The van der Waals surface area contributed by atoms with Crippen molar-refractivity contribution in [3.8, 4) is 0 Å². The highest BCUT2D eigenvalue weighted by atomic mass is 16.3. The molecule has 1 unspecified atom stereocenters. The summed E-state index contributed by atoms with van der Waals surface area (Å²) >= 11 is 0. The summed E-state index contributed by atoms with van der Waals surface area (Å²) in [5, 5.41) is 12.8. The fourth-order valence-electron chi connectivity index (χ4n) is 2.11. The van der Waals surface area contributed by atoms with E-state index in [-0.39, 0.29) is 12.5 Å². The lowest BCUT2D eigenvalue weighted by Gasteiger charge is -2.13. The van der Waals surface area contributed by atoms with E-state index in [4.69, 9.17) is 0 Å². The number of rotatable bonds is 5. The molecule has 4 nitrogen and oxygen atoms in total. The maximum absolute atomic E-state index is 12.0. The summed E-state index contributed by atoms with van der Waals surface area (Å²) in [4.78, 5) is 12.0. The van der Waals surface area contributed by atoms with Crippen molar-refractivity contribution in [2.75, 3.05) is 6.54 Å². The molecule has 0 aliphatic heterocycles. The molecule has 4 heteroatoms. The smallest absolute Gasteiger partial charge is 0.251 e. The number of amides is 1. The third kappa shape index (κ3) is 3.27. The second kappa shape index (κ2) is 6.39. The lowest BCUT2D eigenvalue weighted by atomic mass is 10.1. The number of benzene rings is 1. The molecule has 2 aromatic rings. The van der Waals surface area contributed by atoms with Crippen LogP contribution in [0.3, 0.4) is 0 Å². The molecule has 106 valence electrons. The zero-order chi connectivity index (χ0) is 14.5. The quantitative estimate of drug-likeness (QED) is 0.875. The molecule has 1 aromatic carbocycles. The van der Waals surface area contributed by atoms with Gasteiger partial charge in [-0.2, -0.15) is 0 Å². The molecule has 0 saturated heterocycles.